The molecule has 35 heavy (non-hydrogen) atoms. The largest absolute Gasteiger partial charge is 0.244 e. The molecule has 0 atom stereocenters. The van der Waals surface area contributed by atoms with Gasteiger partial charge in [-0.2, -0.15) is 10.3 Å². The summed E-state index contributed by atoms with van der Waals surface area (Å²) in [5, 5.41) is 19.4. The maximum Gasteiger partial charge on any atom is 0.205 e. The average molecular weight is 464 g/mol. The van der Waals surface area contributed by atoms with Crippen molar-refractivity contribution in [2.24, 2.45) is 0 Å². The molecule has 0 radical (unpaired) electrons. The van der Waals surface area contributed by atoms with E-state index in [1.165, 1.54) is 11.1 Å². The van der Waals surface area contributed by atoms with E-state index >= 15 is 0 Å². The van der Waals surface area contributed by atoms with Gasteiger partial charge in [0.25, 0.3) is 0 Å². The molecule has 0 saturated carbocycles. The molecule has 176 valence electrons. The summed E-state index contributed by atoms with van der Waals surface area (Å²) < 4.78 is 2.08. The Labute approximate surface area is 205 Å². The molecule has 0 aliphatic carbocycles. The first-order chi connectivity index (χ1) is 17.0. The van der Waals surface area contributed by atoms with Gasteiger partial charge in [0.2, 0.25) is 5.82 Å². The average Bonchev–Trinajstić information content (AvgIpc) is 3.54. The molecule has 0 spiro atoms. The molecule has 0 fully saturated rings. The van der Waals surface area contributed by atoms with Crippen molar-refractivity contribution < 1.29 is 0 Å². The quantitative estimate of drug-likeness (QED) is 0.356. The van der Waals surface area contributed by atoms with E-state index in [2.05, 4.69) is 101 Å². The minimum atomic E-state index is -0.142. The number of rotatable bonds is 7. The lowest BCUT2D eigenvalue weighted by Crippen LogP contribution is -2.25. The highest BCUT2D eigenvalue weighted by Crippen LogP contribution is 2.30. The number of H-pyrrole nitrogens is 1. The third-order valence-corrected chi connectivity index (χ3v) is 5.97. The van der Waals surface area contributed by atoms with Gasteiger partial charge in [0.15, 0.2) is 5.82 Å². The van der Waals surface area contributed by atoms with Crippen LogP contribution in [0.2, 0.25) is 0 Å². The molecule has 0 bridgehead atoms. The van der Waals surface area contributed by atoms with Crippen molar-refractivity contribution >= 4 is 0 Å². The summed E-state index contributed by atoms with van der Waals surface area (Å²) >= 11 is 0. The molecule has 7 heteroatoms. The van der Waals surface area contributed by atoms with Gasteiger partial charge in [-0.25, -0.2) is 9.67 Å². The number of nitrogens with zero attached hydrogens (tertiary/aromatic N) is 6. The van der Waals surface area contributed by atoms with Crippen LogP contribution >= 0.6 is 0 Å². The van der Waals surface area contributed by atoms with E-state index in [1.807, 2.05) is 24.3 Å². The maximum atomic E-state index is 4.94. The zero-order chi connectivity index (χ0) is 24.3. The van der Waals surface area contributed by atoms with Crippen molar-refractivity contribution in [3.63, 3.8) is 0 Å². The molecule has 5 rings (SSSR count). The van der Waals surface area contributed by atoms with Gasteiger partial charge >= 0.3 is 0 Å². The Kier molecular flexibility index (Phi) is 6.23. The monoisotopic (exact) mass is 463 g/mol. The van der Waals surface area contributed by atoms with Gasteiger partial charge in [-0.1, -0.05) is 78.9 Å². The molecule has 1 N–H and O–H groups in total. The summed E-state index contributed by atoms with van der Waals surface area (Å²) in [6.45, 7) is 6.51. The second-order valence-electron chi connectivity index (χ2n) is 9.67. The summed E-state index contributed by atoms with van der Waals surface area (Å²) in [6, 6.07) is 27.2. The highest BCUT2D eigenvalue weighted by Gasteiger charge is 2.21. The lowest BCUT2D eigenvalue weighted by molar-refractivity contribution is 0.341. The number of aromatic amines is 1. The lowest BCUT2D eigenvalue weighted by atomic mass is 9.97. The fourth-order valence-electron chi connectivity index (χ4n) is 4.24. The van der Waals surface area contributed by atoms with E-state index in [0.717, 1.165) is 47.6 Å². The van der Waals surface area contributed by atoms with Crippen LogP contribution in [0.3, 0.4) is 0 Å². The Morgan fingerprint density at radius 3 is 2.17 bits per heavy atom. The number of hydrogen-bond donors (Lipinski definition) is 1. The van der Waals surface area contributed by atoms with Crippen LogP contribution in [-0.2, 0) is 24.8 Å². The molecule has 7 nitrogen and oxygen atoms in total. The molecular weight excluding hydrogens is 434 g/mol. The Hall–Kier alpha value is -4.13. The van der Waals surface area contributed by atoms with Crippen LogP contribution in [0.5, 0.6) is 0 Å². The predicted octanol–water partition coefficient (Wildman–Crippen LogP) is 5.26. The normalized spacial score (nSPS) is 11.6. The summed E-state index contributed by atoms with van der Waals surface area (Å²) in [7, 11) is 0. The molecule has 0 aliphatic rings. The third kappa shape index (κ3) is 5.19. The Morgan fingerprint density at radius 2 is 1.49 bits per heavy atom. The van der Waals surface area contributed by atoms with Crippen molar-refractivity contribution in [1.29, 1.82) is 0 Å². The topological polar surface area (TPSA) is 85.2 Å². The third-order valence-electron chi connectivity index (χ3n) is 5.97. The first-order valence-corrected chi connectivity index (χ1v) is 11.9. The van der Waals surface area contributed by atoms with Gasteiger partial charge in [-0.15, -0.1) is 10.2 Å². The summed E-state index contributed by atoms with van der Waals surface area (Å²) in [5.41, 5.74) is 5.48. The highest BCUT2D eigenvalue weighted by molar-refractivity contribution is 5.80. The highest BCUT2D eigenvalue weighted by atomic mass is 15.5. The second kappa shape index (κ2) is 9.62. The van der Waals surface area contributed by atoms with Gasteiger partial charge in [0, 0.05) is 18.4 Å². The Bertz CT molecular complexity index is 1380. The number of hydrogen-bond acceptors (Lipinski definition) is 5. The molecule has 3 aromatic carbocycles. The van der Waals surface area contributed by atoms with Crippen molar-refractivity contribution in [1.82, 2.24) is 35.4 Å². The fourth-order valence-corrected chi connectivity index (χ4v) is 4.24. The first-order valence-electron chi connectivity index (χ1n) is 11.9. The molecule has 0 unspecified atom stereocenters. The molecule has 0 aliphatic heterocycles. The molecule has 2 aromatic heterocycles. The fraction of sp³-hybridized carbons (Fsp3) is 0.250. The predicted molar refractivity (Wildman–Crippen MR) is 137 cm³/mol. The van der Waals surface area contributed by atoms with Crippen LogP contribution < -0.4 is 0 Å². The van der Waals surface area contributed by atoms with Crippen molar-refractivity contribution in [2.75, 3.05) is 0 Å². The van der Waals surface area contributed by atoms with Gasteiger partial charge < -0.3 is 0 Å². The standard InChI is InChI=1S/C28H29N7/c1-28(2,3)35-26(29-25(32-35)18-15-20-9-5-4-6-10-20)19-21-13-16-22(17-14-21)23-11-7-8-12-24(23)27-30-33-34-31-27/h4-14,16-17H,15,18-19H2,1-3H3,(H,30,31,33,34). The van der Waals surface area contributed by atoms with E-state index in [4.69, 9.17) is 10.1 Å². The van der Waals surface area contributed by atoms with Crippen molar-refractivity contribution in [3.8, 4) is 22.5 Å². The van der Waals surface area contributed by atoms with E-state index in [1.54, 1.807) is 0 Å². The van der Waals surface area contributed by atoms with Crippen LogP contribution in [0.15, 0.2) is 78.9 Å². The molecular formula is C28H29N7. The zero-order valence-corrected chi connectivity index (χ0v) is 20.3. The maximum absolute atomic E-state index is 4.94. The van der Waals surface area contributed by atoms with E-state index in [9.17, 15) is 0 Å². The zero-order valence-electron chi connectivity index (χ0n) is 20.3. The Morgan fingerprint density at radius 1 is 0.771 bits per heavy atom. The van der Waals surface area contributed by atoms with Crippen LogP contribution in [0, 0.1) is 0 Å². The van der Waals surface area contributed by atoms with Crippen molar-refractivity contribution in [3.05, 3.63) is 102 Å². The number of aryl methyl sites for hydroxylation is 2. The Balaban J connectivity index is 1.37. The molecule has 5 aromatic rings. The SMILES string of the molecule is CC(C)(C)n1nc(CCc2ccccc2)nc1Cc1ccc(-c2ccccc2-c2nn[nH]n2)cc1. The van der Waals surface area contributed by atoms with Crippen LogP contribution in [-0.4, -0.2) is 35.4 Å². The van der Waals surface area contributed by atoms with E-state index < -0.39 is 0 Å². The molecule has 2 heterocycles. The second-order valence-corrected chi connectivity index (χ2v) is 9.67. The van der Waals surface area contributed by atoms with Crippen LogP contribution in [0.1, 0.15) is 43.5 Å². The van der Waals surface area contributed by atoms with Gasteiger partial charge in [0.1, 0.15) is 5.82 Å². The smallest absolute Gasteiger partial charge is 0.205 e. The molecule has 0 amide bonds. The molecule has 0 saturated heterocycles. The summed E-state index contributed by atoms with van der Waals surface area (Å²) in [5.74, 6) is 2.47. The number of nitrogens with one attached hydrogen (secondary N) is 1. The van der Waals surface area contributed by atoms with Crippen LogP contribution in [0.4, 0.5) is 0 Å². The first kappa shape index (κ1) is 22.7. The number of aromatic nitrogens is 7. The van der Waals surface area contributed by atoms with Gasteiger partial charge in [-0.3, -0.25) is 0 Å². The van der Waals surface area contributed by atoms with E-state index in [-0.39, 0.29) is 5.54 Å². The number of benzene rings is 3. The van der Waals surface area contributed by atoms with Gasteiger partial charge in [-0.05, 0) is 54.7 Å². The van der Waals surface area contributed by atoms with E-state index in [0.29, 0.717) is 5.82 Å². The minimum Gasteiger partial charge on any atom is -0.244 e. The van der Waals surface area contributed by atoms with Crippen molar-refractivity contribution in [2.45, 2.75) is 45.6 Å². The lowest BCUT2D eigenvalue weighted by Gasteiger charge is -2.21. The van der Waals surface area contributed by atoms with Crippen LogP contribution in [0.25, 0.3) is 22.5 Å². The van der Waals surface area contributed by atoms with Gasteiger partial charge in [0.05, 0.1) is 5.54 Å². The summed E-state index contributed by atoms with van der Waals surface area (Å²) in [4.78, 5) is 4.94. The summed E-state index contributed by atoms with van der Waals surface area (Å²) in [6.07, 6.45) is 2.48. The number of tetrazole rings is 1. The minimum absolute atomic E-state index is 0.142.